The lowest BCUT2D eigenvalue weighted by atomic mass is 10.1. The molecule has 0 unspecified atom stereocenters. The zero-order valence-corrected chi connectivity index (χ0v) is 15.1. The van der Waals surface area contributed by atoms with E-state index < -0.39 is 0 Å². The average molecular weight is 355 g/mol. The van der Waals surface area contributed by atoms with Crippen LogP contribution in [-0.2, 0) is 14.3 Å². The Morgan fingerprint density at radius 2 is 1.58 bits per heavy atom. The molecule has 0 amide bonds. The fourth-order valence-corrected chi connectivity index (χ4v) is 2.43. The Hall–Kier alpha value is -1.55. The van der Waals surface area contributed by atoms with Crippen molar-refractivity contribution in [3.05, 3.63) is 29.3 Å². The van der Waals surface area contributed by atoms with Gasteiger partial charge in [0.2, 0.25) is 0 Å². The van der Waals surface area contributed by atoms with Crippen molar-refractivity contribution in [1.29, 1.82) is 0 Å². The maximum atomic E-state index is 11.7. The number of hydrogen-bond donors (Lipinski definition) is 0. The average Bonchev–Trinajstić information content (AvgIpc) is 2.55. The van der Waals surface area contributed by atoms with E-state index in [9.17, 15) is 9.59 Å². The fraction of sp³-hybridized carbons (Fsp3) is 0.579. The van der Waals surface area contributed by atoms with E-state index in [-0.39, 0.29) is 11.9 Å². The van der Waals surface area contributed by atoms with Gasteiger partial charge in [-0.25, -0.2) is 0 Å². The minimum atomic E-state index is -0.226. The van der Waals surface area contributed by atoms with E-state index in [4.69, 9.17) is 21.1 Å². The molecule has 0 aromatic heterocycles. The Labute approximate surface area is 149 Å². The second kappa shape index (κ2) is 12.8. The highest BCUT2D eigenvalue weighted by Crippen LogP contribution is 2.18. The van der Waals surface area contributed by atoms with E-state index in [0.29, 0.717) is 30.2 Å². The summed E-state index contributed by atoms with van der Waals surface area (Å²) >= 11 is 5.84. The molecule has 0 aliphatic heterocycles. The van der Waals surface area contributed by atoms with Gasteiger partial charge in [0.1, 0.15) is 5.75 Å². The molecule has 5 heteroatoms. The van der Waals surface area contributed by atoms with Gasteiger partial charge in [0.25, 0.3) is 0 Å². The topological polar surface area (TPSA) is 52.6 Å². The van der Waals surface area contributed by atoms with Gasteiger partial charge in [0.15, 0.2) is 0 Å². The molecule has 0 spiro atoms. The lowest BCUT2D eigenvalue weighted by Gasteiger charge is -2.05. The molecule has 0 fully saturated rings. The van der Waals surface area contributed by atoms with Crippen LogP contribution in [0.3, 0.4) is 0 Å². The largest absolute Gasteiger partial charge is 0.466 e. The molecule has 1 rings (SSSR count). The number of ether oxygens (including phenoxy) is 2. The fourth-order valence-electron chi connectivity index (χ4n) is 2.25. The van der Waals surface area contributed by atoms with Gasteiger partial charge in [0.05, 0.1) is 6.61 Å². The molecule has 0 atom stereocenters. The van der Waals surface area contributed by atoms with Gasteiger partial charge < -0.3 is 9.47 Å². The number of unbranched alkanes of at least 4 members (excludes halogenated alkanes) is 5. The molecule has 0 bridgehead atoms. The first-order valence-corrected chi connectivity index (χ1v) is 9.11. The molecule has 0 aliphatic rings. The molecule has 0 saturated carbocycles. The molecule has 24 heavy (non-hydrogen) atoms. The molecule has 0 N–H and O–H groups in total. The Kier molecular flexibility index (Phi) is 10.9. The van der Waals surface area contributed by atoms with E-state index in [1.165, 1.54) is 0 Å². The second-order valence-corrected chi connectivity index (χ2v) is 6.21. The molecule has 134 valence electrons. The minimum absolute atomic E-state index is 0.0967. The van der Waals surface area contributed by atoms with Crippen molar-refractivity contribution in [3.63, 3.8) is 0 Å². The highest BCUT2D eigenvalue weighted by molar-refractivity contribution is 6.30. The molecular weight excluding hydrogens is 328 g/mol. The zero-order chi connectivity index (χ0) is 17.6. The molecule has 1 aromatic carbocycles. The molecule has 0 saturated heterocycles. The maximum absolute atomic E-state index is 11.7. The summed E-state index contributed by atoms with van der Waals surface area (Å²) in [6.45, 7) is 2.50. The monoisotopic (exact) mass is 354 g/mol. The number of rotatable bonds is 12. The van der Waals surface area contributed by atoms with Gasteiger partial charge in [-0.2, -0.15) is 0 Å². The van der Waals surface area contributed by atoms with Gasteiger partial charge in [-0.1, -0.05) is 50.3 Å². The summed E-state index contributed by atoms with van der Waals surface area (Å²) in [6, 6.07) is 6.84. The maximum Gasteiger partial charge on any atom is 0.311 e. The number of carbonyl (C=O) groups excluding carboxylic acids is 2. The van der Waals surface area contributed by atoms with Crippen molar-refractivity contribution in [1.82, 2.24) is 0 Å². The SMILES string of the molecule is CCCOC(=O)CCCCCCCCC(=O)Oc1cccc(Cl)c1. The first-order valence-electron chi connectivity index (χ1n) is 8.73. The predicted octanol–water partition coefficient (Wildman–Crippen LogP) is 5.32. The summed E-state index contributed by atoms with van der Waals surface area (Å²) < 4.78 is 10.2. The van der Waals surface area contributed by atoms with Gasteiger partial charge in [-0.05, 0) is 37.5 Å². The number of esters is 2. The van der Waals surface area contributed by atoms with Crippen LogP contribution in [-0.4, -0.2) is 18.5 Å². The van der Waals surface area contributed by atoms with Crippen molar-refractivity contribution in [2.45, 2.75) is 64.7 Å². The third-order valence-electron chi connectivity index (χ3n) is 3.51. The predicted molar refractivity (Wildman–Crippen MR) is 95.3 cm³/mol. The van der Waals surface area contributed by atoms with Crippen LogP contribution >= 0.6 is 11.6 Å². The summed E-state index contributed by atoms with van der Waals surface area (Å²) in [5.41, 5.74) is 0. The molecule has 0 aliphatic carbocycles. The van der Waals surface area contributed by atoms with Gasteiger partial charge >= 0.3 is 11.9 Å². The van der Waals surface area contributed by atoms with Crippen LogP contribution in [0.1, 0.15) is 64.7 Å². The minimum Gasteiger partial charge on any atom is -0.466 e. The van der Waals surface area contributed by atoms with Crippen LogP contribution < -0.4 is 4.74 Å². The lowest BCUT2D eigenvalue weighted by molar-refractivity contribution is -0.143. The van der Waals surface area contributed by atoms with Crippen LogP contribution in [0.2, 0.25) is 5.02 Å². The van der Waals surface area contributed by atoms with E-state index in [1.807, 2.05) is 6.92 Å². The summed E-state index contributed by atoms with van der Waals surface area (Å²) in [6.07, 6.45) is 7.63. The summed E-state index contributed by atoms with van der Waals surface area (Å²) in [4.78, 5) is 23.0. The Morgan fingerprint density at radius 1 is 0.958 bits per heavy atom. The second-order valence-electron chi connectivity index (χ2n) is 5.77. The van der Waals surface area contributed by atoms with E-state index in [0.717, 1.165) is 44.9 Å². The Balaban J connectivity index is 1.96. The van der Waals surface area contributed by atoms with Crippen molar-refractivity contribution >= 4 is 23.5 Å². The smallest absolute Gasteiger partial charge is 0.311 e. The van der Waals surface area contributed by atoms with Crippen LogP contribution in [0.5, 0.6) is 5.75 Å². The lowest BCUT2D eigenvalue weighted by Crippen LogP contribution is -2.07. The van der Waals surface area contributed by atoms with E-state index in [1.54, 1.807) is 24.3 Å². The van der Waals surface area contributed by atoms with Crippen LogP contribution in [0, 0.1) is 0 Å². The number of benzene rings is 1. The Morgan fingerprint density at radius 3 is 2.21 bits per heavy atom. The highest BCUT2D eigenvalue weighted by atomic mass is 35.5. The molecule has 1 aromatic rings. The van der Waals surface area contributed by atoms with E-state index in [2.05, 4.69) is 0 Å². The third kappa shape index (κ3) is 10.3. The summed E-state index contributed by atoms with van der Waals surface area (Å²) in [7, 11) is 0. The van der Waals surface area contributed by atoms with Crippen molar-refractivity contribution in [3.8, 4) is 5.75 Å². The first-order chi connectivity index (χ1) is 11.6. The van der Waals surface area contributed by atoms with Gasteiger partial charge in [0, 0.05) is 17.9 Å². The molecule has 0 heterocycles. The van der Waals surface area contributed by atoms with Crippen LogP contribution in [0.25, 0.3) is 0 Å². The molecular formula is C19H27ClO4. The van der Waals surface area contributed by atoms with Crippen molar-refractivity contribution in [2.75, 3.05) is 6.61 Å². The van der Waals surface area contributed by atoms with Gasteiger partial charge in [-0.15, -0.1) is 0 Å². The van der Waals surface area contributed by atoms with Crippen LogP contribution in [0.4, 0.5) is 0 Å². The van der Waals surface area contributed by atoms with Gasteiger partial charge in [-0.3, -0.25) is 9.59 Å². The van der Waals surface area contributed by atoms with Crippen molar-refractivity contribution in [2.24, 2.45) is 0 Å². The summed E-state index contributed by atoms with van der Waals surface area (Å²) in [5.74, 6) is 0.166. The van der Waals surface area contributed by atoms with Crippen molar-refractivity contribution < 1.29 is 19.1 Å². The highest BCUT2D eigenvalue weighted by Gasteiger charge is 2.05. The quantitative estimate of drug-likeness (QED) is 0.289. The first kappa shape index (κ1) is 20.5. The summed E-state index contributed by atoms with van der Waals surface area (Å²) in [5, 5.41) is 0.555. The van der Waals surface area contributed by atoms with E-state index >= 15 is 0 Å². The Bertz CT molecular complexity index is 502. The zero-order valence-electron chi connectivity index (χ0n) is 14.4. The van der Waals surface area contributed by atoms with Crippen LogP contribution in [0.15, 0.2) is 24.3 Å². The molecule has 0 radical (unpaired) electrons. The number of halogens is 1. The normalized spacial score (nSPS) is 10.4. The third-order valence-corrected chi connectivity index (χ3v) is 3.74. The number of carbonyl (C=O) groups is 2. The standard InChI is InChI=1S/C19H27ClO4/c1-2-14-23-18(21)12-7-5-3-4-6-8-13-19(22)24-17-11-9-10-16(20)15-17/h9-11,15H,2-8,12-14H2,1H3. The number of hydrogen-bond acceptors (Lipinski definition) is 4. The molecule has 4 nitrogen and oxygen atoms in total.